The highest BCUT2D eigenvalue weighted by atomic mass is 16.4. The van der Waals surface area contributed by atoms with Crippen molar-refractivity contribution >= 4 is 77.0 Å². The summed E-state index contributed by atoms with van der Waals surface area (Å²) in [5.41, 5.74) is 29.5. The lowest BCUT2D eigenvalue weighted by molar-refractivity contribution is -0.148. The minimum absolute atomic E-state index is 0.0159. The summed E-state index contributed by atoms with van der Waals surface area (Å²) >= 11 is 0. The van der Waals surface area contributed by atoms with Crippen LogP contribution in [0.2, 0.25) is 0 Å². The molecule has 4 aliphatic rings. The van der Waals surface area contributed by atoms with Crippen molar-refractivity contribution in [3.8, 4) is 0 Å². The average molecular weight is 1210 g/mol. The first kappa shape index (κ1) is 67.2. The van der Waals surface area contributed by atoms with Gasteiger partial charge in [0.25, 0.3) is 0 Å². The predicted molar refractivity (Wildman–Crippen MR) is 319 cm³/mol. The second kappa shape index (κ2) is 33.7. The number of amides is 10. The van der Waals surface area contributed by atoms with Gasteiger partial charge >= 0.3 is 5.97 Å². The highest BCUT2D eigenvalue weighted by Crippen LogP contribution is 2.27. The molecular weight excluding hydrogens is 1130 g/mol. The van der Waals surface area contributed by atoms with Gasteiger partial charge in [-0.15, -0.1) is 0 Å². The van der Waals surface area contributed by atoms with Crippen molar-refractivity contribution in [1.82, 2.24) is 51.9 Å². The highest BCUT2D eigenvalue weighted by molar-refractivity contribution is 5.99. The van der Waals surface area contributed by atoms with Crippen LogP contribution in [-0.2, 0) is 65.6 Å². The first-order chi connectivity index (χ1) is 41.7. The van der Waals surface area contributed by atoms with Gasteiger partial charge in [0, 0.05) is 58.5 Å². The molecule has 0 saturated carbocycles. The number of nitrogens with zero attached hydrogens (tertiary/aromatic N) is 5. The Morgan fingerprint density at radius 2 is 1.25 bits per heavy atom. The Bertz CT molecular complexity index is 2800. The van der Waals surface area contributed by atoms with Gasteiger partial charge in [0.1, 0.15) is 48.3 Å². The molecule has 29 heteroatoms. The molecule has 2 aromatic rings. The summed E-state index contributed by atoms with van der Waals surface area (Å²) in [6, 6.07) is 6.71. The fourth-order valence-corrected chi connectivity index (χ4v) is 11.2. The van der Waals surface area contributed by atoms with Crippen molar-refractivity contribution in [2.45, 2.75) is 164 Å². The summed E-state index contributed by atoms with van der Waals surface area (Å²) in [7, 11) is 0. The van der Waals surface area contributed by atoms with Gasteiger partial charge in [0.15, 0.2) is 11.9 Å². The summed E-state index contributed by atoms with van der Waals surface area (Å²) in [5, 5.41) is 29.0. The maximum Gasteiger partial charge on any atom is 0.326 e. The lowest BCUT2D eigenvalue weighted by Gasteiger charge is -2.33. The average Bonchev–Trinajstić information content (AvgIpc) is 3.63. The zero-order chi connectivity index (χ0) is 63.0. The lowest BCUT2D eigenvalue weighted by atomic mass is 10.0. The molecule has 0 aliphatic carbocycles. The topological polar surface area (TPSA) is 457 Å². The third kappa shape index (κ3) is 20.7. The van der Waals surface area contributed by atoms with Gasteiger partial charge in [-0.2, -0.15) is 0 Å². The van der Waals surface area contributed by atoms with Crippen LogP contribution < -0.4 is 65.9 Å². The molecule has 10 amide bonds. The first-order valence-electron chi connectivity index (χ1n) is 29.8. The number of benzene rings is 2. The number of carboxylic acid groups (broad SMARTS) is 1. The normalized spacial score (nSPS) is 23.9. The van der Waals surface area contributed by atoms with Crippen molar-refractivity contribution in [2.24, 2.45) is 38.7 Å². The van der Waals surface area contributed by atoms with Gasteiger partial charge in [-0.1, -0.05) is 60.7 Å². The van der Waals surface area contributed by atoms with E-state index in [1.807, 2.05) is 0 Å². The third-order valence-electron chi connectivity index (χ3n) is 15.8. The van der Waals surface area contributed by atoms with E-state index >= 15 is 0 Å². The fourth-order valence-electron chi connectivity index (χ4n) is 11.2. The number of nitrogens with two attached hydrogens (primary N) is 5. The maximum atomic E-state index is 15.0. The minimum Gasteiger partial charge on any atom is -0.480 e. The summed E-state index contributed by atoms with van der Waals surface area (Å²) in [6.07, 6.45) is 2.63. The Kier molecular flexibility index (Phi) is 26.1. The number of guanidine groups is 2. The number of hydrogen-bond acceptors (Lipinski definition) is 14. The number of carbonyl (C=O) groups is 11. The number of aliphatic carboxylic acids is 1. The molecule has 87 heavy (non-hydrogen) atoms. The monoisotopic (exact) mass is 1210 g/mol. The van der Waals surface area contributed by atoms with E-state index in [9.17, 15) is 57.8 Å². The molecule has 29 nitrogen and oxygen atoms in total. The zero-order valence-corrected chi connectivity index (χ0v) is 49.0. The summed E-state index contributed by atoms with van der Waals surface area (Å²) < 4.78 is 0. The third-order valence-corrected chi connectivity index (χ3v) is 15.8. The molecular formula is C58H85N17O12. The number of carboxylic acids is 1. The number of aliphatic imine (C=N–C) groups is 2. The largest absolute Gasteiger partial charge is 0.480 e. The van der Waals surface area contributed by atoms with Crippen LogP contribution in [-0.4, -0.2) is 197 Å². The molecule has 9 atom stereocenters. The van der Waals surface area contributed by atoms with E-state index in [0.29, 0.717) is 30.4 Å². The molecule has 0 bridgehead atoms. The lowest BCUT2D eigenvalue weighted by Crippen LogP contribution is -2.59. The van der Waals surface area contributed by atoms with Crippen LogP contribution in [0.4, 0.5) is 0 Å². The smallest absolute Gasteiger partial charge is 0.326 e. The molecule has 0 radical (unpaired) electrons. The van der Waals surface area contributed by atoms with E-state index in [4.69, 9.17) is 28.7 Å². The zero-order valence-electron chi connectivity index (χ0n) is 49.0. The van der Waals surface area contributed by atoms with E-state index in [1.54, 1.807) is 60.7 Å². The molecule has 18 N–H and O–H groups in total. The minimum atomic E-state index is -1.36. The van der Waals surface area contributed by atoms with E-state index in [0.717, 1.165) is 0 Å². The predicted octanol–water partition coefficient (Wildman–Crippen LogP) is -3.42. The van der Waals surface area contributed by atoms with Crippen LogP contribution in [0.5, 0.6) is 0 Å². The fraction of sp³-hybridized carbons (Fsp3) is 0.569. The first-order valence-corrected chi connectivity index (χ1v) is 29.8. The van der Waals surface area contributed by atoms with Crippen LogP contribution in [0.25, 0.3) is 0 Å². The van der Waals surface area contributed by atoms with Crippen molar-refractivity contribution in [3.63, 3.8) is 0 Å². The molecule has 4 fully saturated rings. The summed E-state index contributed by atoms with van der Waals surface area (Å²) in [5.74, 6) is -8.15. The molecule has 2 aromatic carbocycles. The highest BCUT2D eigenvalue weighted by Gasteiger charge is 2.45. The SMILES string of the molecule is NC(N)=NCCC[C@H](NC(=O)[C@H](Cc1ccccc1)NC(=O)[C@@H]1CCCN1C(=O)[C@@H]1CCCCNC(=O)CC[C@H](N)C(=O)N[C@@H](CCCN=C(N)N)C(=O)N2CCC[C@H]2C(=O)N2CCC[C@H]2C(=O)NCC(=O)N[C@@H](Cc2ccccc2)C(=O)N1)C(=O)O. The van der Waals surface area contributed by atoms with Gasteiger partial charge in [-0.05, 0) is 101 Å². The Balaban J connectivity index is 1.24. The van der Waals surface area contributed by atoms with Crippen molar-refractivity contribution in [2.75, 3.05) is 45.8 Å². The molecule has 0 aromatic heterocycles. The number of nitrogens with one attached hydrogen (secondary N) is 7. The second-order valence-corrected chi connectivity index (χ2v) is 22.3. The molecule has 4 saturated heterocycles. The Hall–Kier alpha value is -8.89. The van der Waals surface area contributed by atoms with Gasteiger partial charge in [-0.25, -0.2) is 4.79 Å². The van der Waals surface area contributed by atoms with Gasteiger partial charge < -0.3 is 85.7 Å². The van der Waals surface area contributed by atoms with E-state index in [2.05, 4.69) is 47.2 Å². The van der Waals surface area contributed by atoms with Crippen LogP contribution in [0, 0.1) is 0 Å². The molecule has 6 rings (SSSR count). The number of carbonyl (C=O) groups excluding carboxylic acids is 10. The molecule has 0 unspecified atom stereocenters. The quantitative estimate of drug-likeness (QED) is 0.0393. The summed E-state index contributed by atoms with van der Waals surface area (Å²) in [4.78, 5) is 166. The molecule has 4 heterocycles. The van der Waals surface area contributed by atoms with Gasteiger partial charge in [-0.3, -0.25) is 57.9 Å². The molecule has 474 valence electrons. The van der Waals surface area contributed by atoms with E-state index in [1.165, 1.54) is 14.7 Å². The molecule has 4 aliphatic heterocycles. The van der Waals surface area contributed by atoms with Crippen LogP contribution in [0.3, 0.4) is 0 Å². The Morgan fingerprint density at radius 1 is 0.621 bits per heavy atom. The van der Waals surface area contributed by atoms with Crippen molar-refractivity contribution in [3.05, 3.63) is 71.8 Å². The van der Waals surface area contributed by atoms with Gasteiger partial charge in [0.05, 0.1) is 12.6 Å². The Morgan fingerprint density at radius 3 is 1.92 bits per heavy atom. The van der Waals surface area contributed by atoms with E-state index in [-0.39, 0.29) is 141 Å². The van der Waals surface area contributed by atoms with Crippen molar-refractivity contribution in [1.29, 1.82) is 0 Å². The second-order valence-electron chi connectivity index (χ2n) is 22.3. The number of hydrogen-bond donors (Lipinski definition) is 13. The number of rotatable bonds is 18. The van der Waals surface area contributed by atoms with Crippen LogP contribution in [0.1, 0.15) is 107 Å². The van der Waals surface area contributed by atoms with Crippen LogP contribution in [0.15, 0.2) is 70.6 Å². The Labute approximate surface area is 504 Å². The summed E-state index contributed by atoms with van der Waals surface area (Å²) in [6.45, 7) is 0.208. The van der Waals surface area contributed by atoms with E-state index < -0.39 is 126 Å². The van der Waals surface area contributed by atoms with Gasteiger partial charge in [0.2, 0.25) is 59.1 Å². The van der Waals surface area contributed by atoms with Crippen molar-refractivity contribution < 1.29 is 57.8 Å². The molecule has 0 spiro atoms. The number of fused-ring (bicyclic) bond motifs is 2. The van der Waals surface area contributed by atoms with Crippen LogP contribution >= 0.6 is 0 Å². The number of likely N-dealkylation sites (tertiary alicyclic amines) is 1. The maximum absolute atomic E-state index is 15.0. The standard InChI is InChI=1S/C58H85N17O12/c59-37-24-25-46(76)64-26-8-7-18-38(53(83)73-29-12-22-44(73)52(82)72-42(33-36-16-5-2-6-17-36)50(80)71-40(56(86)87)20-10-28-66-58(62)63)70-49(79)41(32-35-14-3-1-4-15-35)68-47(77)34-67-51(81)43-21-11-30-74(43)55(85)45-23-13-31-75(45)54(84)39(69-48(37)78)19-9-27-65-57(60)61/h1-6,14-17,37-45H,7-13,18-34,59H2,(H,64,76)(H,67,81)(H,68,77)(H,69,78)(H,70,79)(H,71,80)(H,72,82)(H,86,87)(H4,60,61,65)(H4,62,63,66)/t37-,38-,39-,40-,41-,42-,43-,44-,45-/m0/s1.